The number of carbonyl (C=O) groups is 1. The van der Waals surface area contributed by atoms with E-state index < -0.39 is 17.5 Å². The standard InChI is InChI=1S/C15H13F2NO3/c1-20-11-3-2-4-12(8-11)21-9-15(19)18-14-6-5-10(16)7-13(14)17/h2-8H,9H2,1H3,(H,18,19). The van der Waals surface area contributed by atoms with Gasteiger partial charge in [0.15, 0.2) is 6.61 Å². The number of benzene rings is 2. The summed E-state index contributed by atoms with van der Waals surface area (Å²) in [5, 5.41) is 2.30. The van der Waals surface area contributed by atoms with E-state index in [1.54, 1.807) is 24.3 Å². The summed E-state index contributed by atoms with van der Waals surface area (Å²) in [6, 6.07) is 9.63. The molecule has 0 saturated carbocycles. The van der Waals surface area contributed by atoms with Crippen LogP contribution >= 0.6 is 0 Å². The number of hydrogen-bond donors (Lipinski definition) is 1. The lowest BCUT2D eigenvalue weighted by molar-refractivity contribution is -0.118. The smallest absolute Gasteiger partial charge is 0.262 e. The van der Waals surface area contributed by atoms with Crippen molar-refractivity contribution < 1.29 is 23.0 Å². The minimum atomic E-state index is -0.843. The summed E-state index contributed by atoms with van der Waals surface area (Å²) >= 11 is 0. The van der Waals surface area contributed by atoms with E-state index in [2.05, 4.69) is 5.32 Å². The Labute approximate surface area is 120 Å². The van der Waals surface area contributed by atoms with Crippen molar-refractivity contribution in [1.29, 1.82) is 0 Å². The predicted octanol–water partition coefficient (Wildman–Crippen LogP) is 2.99. The third kappa shape index (κ3) is 4.17. The first-order valence-electron chi connectivity index (χ1n) is 6.10. The number of rotatable bonds is 5. The summed E-state index contributed by atoms with van der Waals surface area (Å²) in [7, 11) is 1.52. The summed E-state index contributed by atoms with van der Waals surface area (Å²) in [5.41, 5.74) is -0.101. The molecule has 0 bridgehead atoms. The van der Waals surface area contributed by atoms with Gasteiger partial charge in [-0.25, -0.2) is 8.78 Å². The number of carbonyl (C=O) groups excluding carboxylic acids is 1. The highest BCUT2D eigenvalue weighted by atomic mass is 19.1. The second kappa shape index (κ2) is 6.69. The van der Waals surface area contributed by atoms with Gasteiger partial charge in [0.25, 0.3) is 5.91 Å². The molecule has 2 rings (SSSR count). The van der Waals surface area contributed by atoms with Crippen LogP contribution in [0.4, 0.5) is 14.5 Å². The van der Waals surface area contributed by atoms with Crippen LogP contribution in [0, 0.1) is 11.6 Å². The molecule has 0 unspecified atom stereocenters. The lowest BCUT2D eigenvalue weighted by Crippen LogP contribution is -2.20. The van der Waals surface area contributed by atoms with Gasteiger partial charge in [-0.3, -0.25) is 4.79 Å². The Bertz CT molecular complexity index is 647. The molecule has 2 aromatic carbocycles. The third-order valence-electron chi connectivity index (χ3n) is 2.62. The fraction of sp³-hybridized carbons (Fsp3) is 0.133. The molecule has 0 aliphatic carbocycles. The fourth-order valence-electron chi connectivity index (χ4n) is 1.62. The molecule has 0 atom stereocenters. The van der Waals surface area contributed by atoms with Gasteiger partial charge in [0.1, 0.15) is 23.1 Å². The van der Waals surface area contributed by atoms with Crippen LogP contribution in [0.15, 0.2) is 42.5 Å². The number of hydrogen-bond acceptors (Lipinski definition) is 3. The molecule has 1 N–H and O–H groups in total. The maximum absolute atomic E-state index is 13.4. The second-order valence-corrected chi connectivity index (χ2v) is 4.14. The number of ether oxygens (including phenoxy) is 2. The van der Waals surface area contributed by atoms with Gasteiger partial charge >= 0.3 is 0 Å². The lowest BCUT2D eigenvalue weighted by Gasteiger charge is -2.09. The van der Waals surface area contributed by atoms with Gasteiger partial charge in [-0.15, -0.1) is 0 Å². The molecule has 4 nitrogen and oxygen atoms in total. The van der Waals surface area contributed by atoms with E-state index in [0.29, 0.717) is 17.6 Å². The first-order chi connectivity index (χ1) is 10.1. The summed E-state index contributed by atoms with van der Waals surface area (Å²) < 4.78 is 36.4. The molecule has 21 heavy (non-hydrogen) atoms. The van der Waals surface area contributed by atoms with E-state index >= 15 is 0 Å². The maximum Gasteiger partial charge on any atom is 0.262 e. The Balaban J connectivity index is 1.92. The summed E-state index contributed by atoms with van der Waals surface area (Å²) in [6.45, 7) is -0.302. The molecule has 0 radical (unpaired) electrons. The Hall–Kier alpha value is -2.63. The fourth-order valence-corrected chi connectivity index (χ4v) is 1.62. The van der Waals surface area contributed by atoms with Gasteiger partial charge < -0.3 is 14.8 Å². The Morgan fingerprint density at radius 2 is 1.90 bits per heavy atom. The van der Waals surface area contributed by atoms with Gasteiger partial charge in [0, 0.05) is 12.1 Å². The van der Waals surface area contributed by atoms with E-state index in [0.717, 1.165) is 12.1 Å². The van der Waals surface area contributed by atoms with E-state index in [9.17, 15) is 13.6 Å². The summed E-state index contributed by atoms with van der Waals surface area (Å²) in [6.07, 6.45) is 0. The van der Waals surface area contributed by atoms with Gasteiger partial charge in [0.2, 0.25) is 0 Å². The normalized spacial score (nSPS) is 10.0. The number of anilines is 1. The van der Waals surface area contributed by atoms with Gasteiger partial charge in [-0.05, 0) is 24.3 Å². The molecule has 6 heteroatoms. The van der Waals surface area contributed by atoms with Crippen LogP contribution in [0.2, 0.25) is 0 Å². The van der Waals surface area contributed by atoms with Crippen LogP contribution in [-0.4, -0.2) is 19.6 Å². The Morgan fingerprint density at radius 3 is 2.62 bits per heavy atom. The van der Waals surface area contributed by atoms with Crippen molar-refractivity contribution in [3.05, 3.63) is 54.1 Å². The van der Waals surface area contributed by atoms with Crippen molar-refractivity contribution >= 4 is 11.6 Å². The van der Waals surface area contributed by atoms with Crippen molar-refractivity contribution in [3.63, 3.8) is 0 Å². The third-order valence-corrected chi connectivity index (χ3v) is 2.62. The predicted molar refractivity (Wildman–Crippen MR) is 73.5 cm³/mol. The van der Waals surface area contributed by atoms with Gasteiger partial charge in [0.05, 0.1) is 12.8 Å². The molecule has 0 heterocycles. The number of nitrogens with one attached hydrogen (secondary N) is 1. The number of amides is 1. The Kier molecular flexibility index (Phi) is 4.71. The molecule has 110 valence electrons. The molecular weight excluding hydrogens is 280 g/mol. The Morgan fingerprint density at radius 1 is 1.14 bits per heavy atom. The monoisotopic (exact) mass is 293 g/mol. The van der Waals surface area contributed by atoms with Gasteiger partial charge in [-0.2, -0.15) is 0 Å². The van der Waals surface area contributed by atoms with E-state index in [1.165, 1.54) is 7.11 Å². The molecule has 0 aliphatic heterocycles. The van der Waals surface area contributed by atoms with Crippen LogP contribution in [-0.2, 0) is 4.79 Å². The minimum Gasteiger partial charge on any atom is -0.497 e. The summed E-state index contributed by atoms with van der Waals surface area (Å²) in [5.74, 6) is -1.06. The van der Waals surface area contributed by atoms with Gasteiger partial charge in [-0.1, -0.05) is 6.07 Å². The van der Waals surface area contributed by atoms with E-state index in [-0.39, 0.29) is 12.3 Å². The van der Waals surface area contributed by atoms with Crippen molar-refractivity contribution in [2.45, 2.75) is 0 Å². The quantitative estimate of drug-likeness (QED) is 0.922. The zero-order valence-corrected chi connectivity index (χ0v) is 11.2. The molecule has 0 spiro atoms. The molecule has 0 saturated heterocycles. The maximum atomic E-state index is 13.4. The molecule has 0 aliphatic rings. The first-order valence-corrected chi connectivity index (χ1v) is 6.10. The van der Waals surface area contributed by atoms with Crippen LogP contribution in [0.1, 0.15) is 0 Å². The number of halogens is 2. The highest BCUT2D eigenvalue weighted by Gasteiger charge is 2.09. The highest BCUT2D eigenvalue weighted by Crippen LogP contribution is 2.19. The zero-order valence-electron chi connectivity index (χ0n) is 11.2. The van der Waals surface area contributed by atoms with Crippen molar-refractivity contribution in [1.82, 2.24) is 0 Å². The van der Waals surface area contributed by atoms with Crippen molar-refractivity contribution in [2.24, 2.45) is 0 Å². The van der Waals surface area contributed by atoms with Crippen LogP contribution in [0.25, 0.3) is 0 Å². The average Bonchev–Trinajstić information content (AvgIpc) is 2.48. The topological polar surface area (TPSA) is 47.6 Å². The van der Waals surface area contributed by atoms with Crippen molar-refractivity contribution in [2.75, 3.05) is 19.0 Å². The molecule has 1 amide bonds. The summed E-state index contributed by atoms with van der Waals surface area (Å²) in [4.78, 5) is 11.6. The number of methoxy groups -OCH3 is 1. The first kappa shape index (κ1) is 14.8. The van der Waals surface area contributed by atoms with Crippen LogP contribution < -0.4 is 14.8 Å². The molecule has 0 fully saturated rings. The SMILES string of the molecule is COc1cccc(OCC(=O)Nc2ccc(F)cc2F)c1. The largest absolute Gasteiger partial charge is 0.497 e. The molecule has 0 aromatic heterocycles. The van der Waals surface area contributed by atoms with Crippen molar-refractivity contribution in [3.8, 4) is 11.5 Å². The average molecular weight is 293 g/mol. The van der Waals surface area contributed by atoms with E-state index in [4.69, 9.17) is 9.47 Å². The highest BCUT2D eigenvalue weighted by molar-refractivity contribution is 5.91. The molecule has 2 aromatic rings. The zero-order chi connectivity index (χ0) is 15.2. The second-order valence-electron chi connectivity index (χ2n) is 4.14. The molecular formula is C15H13F2NO3. The lowest BCUT2D eigenvalue weighted by atomic mass is 10.3. The van der Waals surface area contributed by atoms with Crippen LogP contribution in [0.5, 0.6) is 11.5 Å². The van der Waals surface area contributed by atoms with Crippen LogP contribution in [0.3, 0.4) is 0 Å². The minimum absolute atomic E-state index is 0.101. The van der Waals surface area contributed by atoms with E-state index in [1.807, 2.05) is 0 Å².